The lowest BCUT2D eigenvalue weighted by atomic mass is 10.0. The van der Waals surface area contributed by atoms with E-state index in [4.69, 9.17) is 4.74 Å². The summed E-state index contributed by atoms with van der Waals surface area (Å²) in [6.45, 7) is 2.07. The lowest BCUT2D eigenvalue weighted by Gasteiger charge is -2.19. The quantitative estimate of drug-likeness (QED) is 0.940. The highest BCUT2D eigenvalue weighted by Crippen LogP contribution is 2.31. The molecule has 1 N–H and O–H groups in total. The van der Waals surface area contributed by atoms with Gasteiger partial charge in [0.15, 0.2) is 0 Å². The van der Waals surface area contributed by atoms with Crippen LogP contribution in [0, 0.1) is 6.92 Å². The van der Waals surface area contributed by atoms with Gasteiger partial charge in [-0.25, -0.2) is 4.98 Å². The topological polar surface area (TPSA) is 47.0 Å². The zero-order valence-electron chi connectivity index (χ0n) is 11.1. The van der Waals surface area contributed by atoms with Crippen molar-refractivity contribution in [1.82, 2.24) is 15.3 Å². The van der Waals surface area contributed by atoms with Crippen molar-refractivity contribution in [2.75, 3.05) is 14.2 Å². The lowest BCUT2D eigenvalue weighted by Crippen LogP contribution is -2.20. The van der Waals surface area contributed by atoms with Crippen LogP contribution in [0.2, 0.25) is 0 Å². The number of ether oxygens (including phenoxy) is 1. The highest BCUT2D eigenvalue weighted by molar-refractivity contribution is 9.10. The molecule has 5 heteroatoms. The van der Waals surface area contributed by atoms with Crippen molar-refractivity contribution >= 4 is 15.9 Å². The zero-order chi connectivity index (χ0) is 13.8. The second kappa shape index (κ2) is 6.12. The second-order valence-corrected chi connectivity index (χ2v) is 5.05. The van der Waals surface area contributed by atoms with Crippen molar-refractivity contribution < 1.29 is 4.74 Å². The van der Waals surface area contributed by atoms with E-state index in [1.165, 1.54) is 5.56 Å². The van der Waals surface area contributed by atoms with Gasteiger partial charge in [-0.1, -0.05) is 33.6 Å². The molecule has 1 aromatic carbocycles. The number of hydrogen-bond acceptors (Lipinski definition) is 4. The van der Waals surface area contributed by atoms with E-state index in [0.29, 0.717) is 5.88 Å². The minimum Gasteiger partial charge on any atom is -0.480 e. The molecule has 0 amide bonds. The number of benzene rings is 1. The van der Waals surface area contributed by atoms with Gasteiger partial charge in [-0.15, -0.1) is 0 Å². The molecule has 1 heterocycles. The fraction of sp³-hybridized carbons (Fsp3) is 0.286. The molecule has 1 atom stereocenters. The Morgan fingerprint density at radius 1 is 1.26 bits per heavy atom. The highest BCUT2D eigenvalue weighted by atomic mass is 79.9. The van der Waals surface area contributed by atoms with Crippen molar-refractivity contribution in [3.05, 3.63) is 51.9 Å². The first-order valence-electron chi connectivity index (χ1n) is 5.95. The van der Waals surface area contributed by atoms with Gasteiger partial charge in [0, 0.05) is 16.9 Å². The Balaban J connectivity index is 2.53. The van der Waals surface area contributed by atoms with Crippen LogP contribution >= 0.6 is 15.9 Å². The molecular formula is C14H16BrN3O. The number of methoxy groups -OCH3 is 1. The SMILES string of the molecule is CNC(c1cc(C)ccc1Br)c1nccnc1OC. The highest BCUT2D eigenvalue weighted by Gasteiger charge is 2.21. The fourth-order valence-electron chi connectivity index (χ4n) is 2.02. The first-order valence-corrected chi connectivity index (χ1v) is 6.75. The third kappa shape index (κ3) is 2.93. The number of aromatic nitrogens is 2. The van der Waals surface area contributed by atoms with Crippen LogP contribution in [0.3, 0.4) is 0 Å². The number of aryl methyl sites for hydroxylation is 1. The second-order valence-electron chi connectivity index (χ2n) is 4.20. The number of nitrogens with zero attached hydrogens (tertiary/aromatic N) is 2. The van der Waals surface area contributed by atoms with E-state index >= 15 is 0 Å². The molecule has 0 bridgehead atoms. The van der Waals surface area contributed by atoms with Crippen LogP contribution in [0.5, 0.6) is 5.88 Å². The van der Waals surface area contributed by atoms with Crippen LogP contribution in [0.15, 0.2) is 35.1 Å². The molecule has 0 aliphatic carbocycles. The van der Waals surface area contributed by atoms with Crippen LogP contribution < -0.4 is 10.1 Å². The van der Waals surface area contributed by atoms with Gasteiger partial charge in [-0.3, -0.25) is 4.98 Å². The largest absolute Gasteiger partial charge is 0.480 e. The number of nitrogens with one attached hydrogen (secondary N) is 1. The maximum absolute atomic E-state index is 5.29. The van der Waals surface area contributed by atoms with Crippen molar-refractivity contribution in [3.8, 4) is 5.88 Å². The van der Waals surface area contributed by atoms with Crippen molar-refractivity contribution in [2.24, 2.45) is 0 Å². The Morgan fingerprint density at radius 2 is 2.00 bits per heavy atom. The number of halogens is 1. The summed E-state index contributed by atoms with van der Waals surface area (Å²) in [5, 5.41) is 3.26. The minimum absolute atomic E-state index is 0.0714. The molecule has 1 unspecified atom stereocenters. The number of rotatable bonds is 4. The summed E-state index contributed by atoms with van der Waals surface area (Å²) in [5.41, 5.74) is 3.08. The number of hydrogen-bond donors (Lipinski definition) is 1. The molecule has 0 spiro atoms. The Bertz CT molecular complexity index is 574. The standard InChI is InChI=1S/C14H16BrN3O/c1-9-4-5-11(15)10(8-9)12(16-2)13-14(19-3)18-7-6-17-13/h4-8,12,16H,1-3H3. The lowest BCUT2D eigenvalue weighted by molar-refractivity contribution is 0.384. The molecule has 2 rings (SSSR count). The van der Waals surface area contributed by atoms with Crippen LogP contribution in [-0.2, 0) is 0 Å². The van der Waals surface area contributed by atoms with Gasteiger partial charge < -0.3 is 10.1 Å². The average molecular weight is 322 g/mol. The van der Waals surface area contributed by atoms with E-state index in [2.05, 4.69) is 50.3 Å². The van der Waals surface area contributed by atoms with E-state index in [1.54, 1.807) is 19.5 Å². The summed E-state index contributed by atoms with van der Waals surface area (Å²) in [6, 6.07) is 6.16. The first-order chi connectivity index (χ1) is 9.17. The van der Waals surface area contributed by atoms with Crippen molar-refractivity contribution in [3.63, 3.8) is 0 Å². The van der Waals surface area contributed by atoms with Crippen molar-refractivity contribution in [2.45, 2.75) is 13.0 Å². The van der Waals surface area contributed by atoms with Gasteiger partial charge in [0.2, 0.25) is 5.88 Å². The predicted molar refractivity (Wildman–Crippen MR) is 78.4 cm³/mol. The van der Waals surface area contributed by atoms with Crippen LogP contribution in [0.25, 0.3) is 0 Å². The monoisotopic (exact) mass is 321 g/mol. The van der Waals surface area contributed by atoms with E-state index < -0.39 is 0 Å². The maximum atomic E-state index is 5.29. The maximum Gasteiger partial charge on any atom is 0.237 e. The Kier molecular flexibility index (Phi) is 4.50. The Labute approximate surface area is 121 Å². The third-order valence-corrected chi connectivity index (χ3v) is 3.63. The molecule has 2 aromatic rings. The summed E-state index contributed by atoms with van der Waals surface area (Å²) in [6.07, 6.45) is 3.30. The van der Waals surface area contributed by atoms with Gasteiger partial charge in [-0.2, -0.15) is 0 Å². The van der Waals surface area contributed by atoms with Crippen LogP contribution in [0.4, 0.5) is 0 Å². The normalized spacial score (nSPS) is 12.2. The summed E-state index contributed by atoms with van der Waals surface area (Å²) in [7, 11) is 3.50. The van der Waals surface area contributed by atoms with E-state index in [1.807, 2.05) is 13.1 Å². The van der Waals surface area contributed by atoms with Crippen molar-refractivity contribution in [1.29, 1.82) is 0 Å². The van der Waals surface area contributed by atoms with E-state index in [9.17, 15) is 0 Å². The summed E-state index contributed by atoms with van der Waals surface area (Å²) >= 11 is 3.59. The Morgan fingerprint density at radius 3 is 2.68 bits per heavy atom. The fourth-order valence-corrected chi connectivity index (χ4v) is 2.49. The molecule has 100 valence electrons. The van der Waals surface area contributed by atoms with E-state index in [0.717, 1.165) is 15.7 Å². The molecule has 19 heavy (non-hydrogen) atoms. The zero-order valence-corrected chi connectivity index (χ0v) is 12.7. The van der Waals surface area contributed by atoms with Gasteiger partial charge in [0.05, 0.1) is 13.2 Å². The summed E-state index contributed by atoms with van der Waals surface area (Å²) in [4.78, 5) is 8.60. The molecule has 0 saturated carbocycles. The molecule has 4 nitrogen and oxygen atoms in total. The molecule has 0 aliphatic rings. The minimum atomic E-state index is -0.0714. The predicted octanol–water partition coefficient (Wildman–Crippen LogP) is 2.86. The first kappa shape index (κ1) is 14.0. The summed E-state index contributed by atoms with van der Waals surface area (Å²) in [5.74, 6) is 0.537. The van der Waals surface area contributed by atoms with E-state index in [-0.39, 0.29) is 6.04 Å². The van der Waals surface area contributed by atoms with Crippen LogP contribution in [-0.4, -0.2) is 24.1 Å². The molecule has 1 aromatic heterocycles. The Hall–Kier alpha value is -1.46. The van der Waals surface area contributed by atoms with Gasteiger partial charge in [0.25, 0.3) is 0 Å². The summed E-state index contributed by atoms with van der Waals surface area (Å²) < 4.78 is 6.32. The van der Waals surface area contributed by atoms with Crippen LogP contribution in [0.1, 0.15) is 22.9 Å². The molecule has 0 aliphatic heterocycles. The van der Waals surface area contributed by atoms with Gasteiger partial charge in [0.1, 0.15) is 5.69 Å². The van der Waals surface area contributed by atoms with Gasteiger partial charge >= 0.3 is 0 Å². The van der Waals surface area contributed by atoms with Gasteiger partial charge in [-0.05, 0) is 25.6 Å². The molecule has 0 fully saturated rings. The molecule has 0 saturated heterocycles. The average Bonchev–Trinajstić information content (AvgIpc) is 2.44. The smallest absolute Gasteiger partial charge is 0.237 e. The molecule has 0 radical (unpaired) electrons. The molecular weight excluding hydrogens is 306 g/mol. The third-order valence-electron chi connectivity index (χ3n) is 2.91.